The standard InChI is InChI=1S/C12H15NO3/c14-11-4-5-13(8-11)7-9-2-1-3-10(6-9)12(15)16/h1-3,6,11,14H,4-5,7-8H2,(H,15,16). The minimum absolute atomic E-state index is 0.234. The number of carboxylic acids is 1. The lowest BCUT2D eigenvalue weighted by atomic mass is 10.1. The Hall–Kier alpha value is -1.39. The fourth-order valence-corrected chi connectivity index (χ4v) is 2.02. The summed E-state index contributed by atoms with van der Waals surface area (Å²) in [6.07, 6.45) is 0.571. The van der Waals surface area contributed by atoms with E-state index < -0.39 is 5.97 Å². The van der Waals surface area contributed by atoms with Crippen LogP contribution in [0.4, 0.5) is 0 Å². The zero-order valence-corrected chi connectivity index (χ0v) is 8.97. The van der Waals surface area contributed by atoms with Crippen molar-refractivity contribution in [3.05, 3.63) is 35.4 Å². The number of carboxylic acid groups (broad SMARTS) is 1. The molecular formula is C12H15NO3. The van der Waals surface area contributed by atoms with Crippen molar-refractivity contribution in [1.82, 2.24) is 4.90 Å². The number of aliphatic hydroxyl groups is 1. The second-order valence-electron chi connectivity index (χ2n) is 4.18. The van der Waals surface area contributed by atoms with E-state index in [1.54, 1.807) is 18.2 Å². The number of rotatable bonds is 3. The van der Waals surface area contributed by atoms with E-state index in [0.717, 1.165) is 18.5 Å². The average Bonchev–Trinajstić information content (AvgIpc) is 2.64. The molecule has 0 radical (unpaired) electrons. The molecule has 0 spiro atoms. The largest absolute Gasteiger partial charge is 0.478 e. The van der Waals surface area contributed by atoms with Gasteiger partial charge in [-0.3, -0.25) is 4.90 Å². The number of likely N-dealkylation sites (tertiary alicyclic amines) is 1. The molecule has 1 heterocycles. The van der Waals surface area contributed by atoms with Crippen LogP contribution >= 0.6 is 0 Å². The van der Waals surface area contributed by atoms with Crippen LogP contribution < -0.4 is 0 Å². The third-order valence-corrected chi connectivity index (χ3v) is 2.83. The van der Waals surface area contributed by atoms with Crippen LogP contribution in [0.1, 0.15) is 22.3 Å². The summed E-state index contributed by atoms with van der Waals surface area (Å²) >= 11 is 0. The van der Waals surface area contributed by atoms with Gasteiger partial charge >= 0.3 is 5.97 Å². The summed E-state index contributed by atoms with van der Waals surface area (Å²) in [6.45, 7) is 2.26. The van der Waals surface area contributed by atoms with E-state index in [1.165, 1.54) is 0 Å². The van der Waals surface area contributed by atoms with Gasteiger partial charge in [0.25, 0.3) is 0 Å². The molecule has 1 aromatic rings. The lowest BCUT2D eigenvalue weighted by Crippen LogP contribution is -2.21. The van der Waals surface area contributed by atoms with Gasteiger partial charge in [0.2, 0.25) is 0 Å². The lowest BCUT2D eigenvalue weighted by molar-refractivity contribution is 0.0696. The molecule has 2 N–H and O–H groups in total. The Balaban J connectivity index is 2.04. The van der Waals surface area contributed by atoms with Crippen LogP contribution in [0.15, 0.2) is 24.3 Å². The number of carbonyl (C=O) groups is 1. The van der Waals surface area contributed by atoms with Gasteiger partial charge in [0.1, 0.15) is 0 Å². The Labute approximate surface area is 94.1 Å². The van der Waals surface area contributed by atoms with E-state index >= 15 is 0 Å². The van der Waals surface area contributed by atoms with Crippen LogP contribution in [0.3, 0.4) is 0 Å². The van der Waals surface area contributed by atoms with E-state index in [1.807, 2.05) is 6.07 Å². The van der Waals surface area contributed by atoms with Gasteiger partial charge in [-0.1, -0.05) is 12.1 Å². The lowest BCUT2D eigenvalue weighted by Gasteiger charge is -2.14. The van der Waals surface area contributed by atoms with E-state index in [-0.39, 0.29) is 6.10 Å². The molecule has 2 rings (SSSR count). The Morgan fingerprint density at radius 3 is 2.94 bits per heavy atom. The molecule has 1 aliphatic rings. The van der Waals surface area contributed by atoms with Crippen molar-refractivity contribution in [2.45, 2.75) is 19.1 Å². The number of hydrogen-bond donors (Lipinski definition) is 2. The first-order valence-corrected chi connectivity index (χ1v) is 5.38. The van der Waals surface area contributed by atoms with Gasteiger partial charge in [-0.25, -0.2) is 4.79 Å². The normalized spacial score (nSPS) is 21.2. The summed E-state index contributed by atoms with van der Waals surface area (Å²) < 4.78 is 0. The molecule has 0 aliphatic carbocycles. The van der Waals surface area contributed by atoms with Crippen LogP contribution in [0.5, 0.6) is 0 Å². The maximum absolute atomic E-state index is 10.8. The molecule has 1 aliphatic heterocycles. The molecule has 0 bridgehead atoms. The first-order valence-electron chi connectivity index (χ1n) is 5.38. The monoisotopic (exact) mass is 221 g/mol. The molecule has 1 atom stereocenters. The number of benzene rings is 1. The highest BCUT2D eigenvalue weighted by Gasteiger charge is 2.20. The topological polar surface area (TPSA) is 60.8 Å². The third kappa shape index (κ3) is 2.59. The minimum Gasteiger partial charge on any atom is -0.478 e. The molecule has 0 saturated carbocycles. The number of aliphatic hydroxyl groups excluding tert-OH is 1. The highest BCUT2D eigenvalue weighted by Crippen LogP contribution is 2.14. The first kappa shape index (κ1) is 11.1. The molecule has 0 aromatic heterocycles. The second-order valence-corrected chi connectivity index (χ2v) is 4.18. The quantitative estimate of drug-likeness (QED) is 0.797. The van der Waals surface area contributed by atoms with Crippen molar-refractivity contribution in [2.75, 3.05) is 13.1 Å². The van der Waals surface area contributed by atoms with Crippen LogP contribution in [0.25, 0.3) is 0 Å². The fraction of sp³-hybridized carbons (Fsp3) is 0.417. The zero-order valence-electron chi connectivity index (χ0n) is 8.97. The summed E-state index contributed by atoms with van der Waals surface area (Å²) in [4.78, 5) is 12.9. The second kappa shape index (κ2) is 4.63. The molecule has 4 heteroatoms. The fourth-order valence-electron chi connectivity index (χ4n) is 2.02. The van der Waals surface area contributed by atoms with Gasteiger partial charge in [0, 0.05) is 19.6 Å². The van der Waals surface area contributed by atoms with Gasteiger partial charge < -0.3 is 10.2 Å². The number of hydrogen-bond acceptors (Lipinski definition) is 3. The van der Waals surface area contributed by atoms with Gasteiger partial charge in [0.05, 0.1) is 11.7 Å². The van der Waals surface area contributed by atoms with Crippen LogP contribution in [0.2, 0.25) is 0 Å². The third-order valence-electron chi connectivity index (χ3n) is 2.83. The maximum Gasteiger partial charge on any atom is 0.335 e. The SMILES string of the molecule is O=C(O)c1cccc(CN2CCC(O)C2)c1. The summed E-state index contributed by atoms with van der Waals surface area (Å²) in [5.41, 5.74) is 1.30. The number of β-amino-alcohol motifs (C(OH)–C–C–N with tert-alkyl or cyclic N) is 1. The van der Waals surface area contributed by atoms with Crippen LogP contribution in [-0.4, -0.2) is 40.3 Å². The number of aromatic carboxylic acids is 1. The van der Waals surface area contributed by atoms with Crippen LogP contribution in [-0.2, 0) is 6.54 Å². The van der Waals surface area contributed by atoms with E-state index in [0.29, 0.717) is 18.7 Å². The van der Waals surface area contributed by atoms with Crippen molar-refractivity contribution < 1.29 is 15.0 Å². The molecule has 1 fully saturated rings. The average molecular weight is 221 g/mol. The predicted molar refractivity (Wildman–Crippen MR) is 59.3 cm³/mol. The molecule has 1 aromatic carbocycles. The van der Waals surface area contributed by atoms with E-state index in [9.17, 15) is 9.90 Å². The van der Waals surface area contributed by atoms with Gasteiger partial charge in [-0.2, -0.15) is 0 Å². The zero-order chi connectivity index (χ0) is 11.5. The number of nitrogens with zero attached hydrogens (tertiary/aromatic N) is 1. The molecule has 86 valence electrons. The van der Waals surface area contributed by atoms with Gasteiger partial charge in [0.15, 0.2) is 0 Å². The van der Waals surface area contributed by atoms with Crippen LogP contribution in [0, 0.1) is 0 Å². The highest BCUT2D eigenvalue weighted by atomic mass is 16.4. The maximum atomic E-state index is 10.8. The van der Waals surface area contributed by atoms with Gasteiger partial charge in [-0.05, 0) is 24.1 Å². The molecule has 16 heavy (non-hydrogen) atoms. The van der Waals surface area contributed by atoms with E-state index in [2.05, 4.69) is 4.90 Å². The summed E-state index contributed by atoms with van der Waals surface area (Å²) in [7, 11) is 0. The molecule has 0 amide bonds. The molecule has 1 saturated heterocycles. The smallest absolute Gasteiger partial charge is 0.335 e. The van der Waals surface area contributed by atoms with Crippen molar-refractivity contribution in [2.24, 2.45) is 0 Å². The Morgan fingerprint density at radius 2 is 2.31 bits per heavy atom. The predicted octanol–water partition coefficient (Wildman–Crippen LogP) is 0.951. The van der Waals surface area contributed by atoms with Crippen molar-refractivity contribution in [1.29, 1.82) is 0 Å². The highest BCUT2D eigenvalue weighted by molar-refractivity contribution is 5.87. The van der Waals surface area contributed by atoms with Crippen molar-refractivity contribution in [3.63, 3.8) is 0 Å². The molecule has 1 unspecified atom stereocenters. The summed E-state index contributed by atoms with van der Waals surface area (Å²) in [5.74, 6) is -0.900. The van der Waals surface area contributed by atoms with Gasteiger partial charge in [-0.15, -0.1) is 0 Å². The minimum atomic E-state index is -0.900. The Morgan fingerprint density at radius 1 is 1.50 bits per heavy atom. The summed E-state index contributed by atoms with van der Waals surface area (Å²) in [5, 5.41) is 18.2. The van der Waals surface area contributed by atoms with E-state index in [4.69, 9.17) is 5.11 Å². The Kier molecular flexibility index (Phi) is 3.22. The Bertz CT molecular complexity index is 392. The molecular weight excluding hydrogens is 206 g/mol. The summed E-state index contributed by atoms with van der Waals surface area (Å²) in [6, 6.07) is 6.94. The first-order chi connectivity index (χ1) is 7.65. The molecule has 4 nitrogen and oxygen atoms in total. The van der Waals surface area contributed by atoms with Crippen molar-refractivity contribution in [3.8, 4) is 0 Å². The van der Waals surface area contributed by atoms with Crippen molar-refractivity contribution >= 4 is 5.97 Å².